The number of carbonyl (C=O) groups excluding carboxylic acids is 2. The van der Waals surface area contributed by atoms with Crippen molar-refractivity contribution in [2.45, 2.75) is 20.8 Å². The van der Waals surface area contributed by atoms with Crippen LogP contribution < -0.4 is 0 Å². The molecule has 3 nitrogen and oxygen atoms in total. The van der Waals surface area contributed by atoms with Gasteiger partial charge in [-0.3, -0.25) is 4.79 Å². The topological polar surface area (TPSA) is 43.4 Å². The first-order valence-corrected chi connectivity index (χ1v) is 3.54. The predicted octanol–water partition coefficient (Wildman–Crippen LogP) is 1.60. The summed E-state index contributed by atoms with van der Waals surface area (Å²) in [6.07, 6.45) is 1.56. The molecule has 0 unspecified atom stereocenters. The van der Waals surface area contributed by atoms with Crippen LogP contribution in [0, 0.1) is 0 Å². The molecule has 66 valence electrons. The SMILES string of the molecule is C=C(C)C(=CC)C(=O)OC(C)=O. The van der Waals surface area contributed by atoms with E-state index in [1.807, 2.05) is 0 Å². The van der Waals surface area contributed by atoms with Gasteiger partial charge >= 0.3 is 11.9 Å². The van der Waals surface area contributed by atoms with Crippen LogP contribution in [0.5, 0.6) is 0 Å². The molecule has 3 heteroatoms. The number of allylic oxidation sites excluding steroid dienone is 1. The zero-order valence-corrected chi connectivity index (χ0v) is 7.51. The minimum Gasteiger partial charge on any atom is -0.390 e. The largest absolute Gasteiger partial charge is 0.390 e. The van der Waals surface area contributed by atoms with Crippen molar-refractivity contribution in [2.24, 2.45) is 0 Å². The first-order valence-electron chi connectivity index (χ1n) is 3.54. The average Bonchev–Trinajstić information content (AvgIpc) is 1.85. The summed E-state index contributed by atoms with van der Waals surface area (Å²) in [6, 6.07) is 0. The van der Waals surface area contributed by atoms with E-state index in [9.17, 15) is 9.59 Å². The molecule has 0 fully saturated rings. The van der Waals surface area contributed by atoms with Crippen LogP contribution >= 0.6 is 0 Å². The van der Waals surface area contributed by atoms with Crippen LogP contribution in [-0.4, -0.2) is 11.9 Å². The zero-order valence-electron chi connectivity index (χ0n) is 7.51. The van der Waals surface area contributed by atoms with Gasteiger partial charge in [0, 0.05) is 6.92 Å². The first-order chi connectivity index (χ1) is 5.49. The van der Waals surface area contributed by atoms with Gasteiger partial charge < -0.3 is 4.74 Å². The van der Waals surface area contributed by atoms with Crippen molar-refractivity contribution in [2.75, 3.05) is 0 Å². The third-order valence-corrected chi connectivity index (χ3v) is 1.20. The molecule has 0 aromatic rings. The van der Waals surface area contributed by atoms with Gasteiger partial charge in [-0.1, -0.05) is 12.7 Å². The summed E-state index contributed by atoms with van der Waals surface area (Å²) >= 11 is 0. The Morgan fingerprint density at radius 1 is 1.33 bits per heavy atom. The van der Waals surface area contributed by atoms with Crippen molar-refractivity contribution in [1.29, 1.82) is 0 Å². The number of carbonyl (C=O) groups is 2. The van der Waals surface area contributed by atoms with Crippen LogP contribution in [0.3, 0.4) is 0 Å². The predicted molar refractivity (Wildman–Crippen MR) is 45.3 cm³/mol. The molecule has 0 aliphatic heterocycles. The summed E-state index contributed by atoms with van der Waals surface area (Å²) in [5, 5.41) is 0. The Kier molecular flexibility index (Phi) is 3.97. The molecule has 0 saturated carbocycles. The highest BCUT2D eigenvalue weighted by Gasteiger charge is 2.12. The van der Waals surface area contributed by atoms with Gasteiger partial charge in [0.15, 0.2) is 0 Å². The molecular formula is C9H12O3. The number of hydrogen-bond donors (Lipinski definition) is 0. The quantitative estimate of drug-likeness (QED) is 0.272. The lowest BCUT2D eigenvalue weighted by molar-refractivity contribution is -0.155. The molecule has 0 bridgehead atoms. The van der Waals surface area contributed by atoms with Gasteiger partial charge in [0.2, 0.25) is 0 Å². The highest BCUT2D eigenvalue weighted by Crippen LogP contribution is 2.08. The Hall–Kier alpha value is -1.38. The van der Waals surface area contributed by atoms with Crippen LogP contribution in [0.25, 0.3) is 0 Å². The molecule has 12 heavy (non-hydrogen) atoms. The van der Waals surface area contributed by atoms with E-state index in [0.29, 0.717) is 11.1 Å². The second-order valence-corrected chi connectivity index (χ2v) is 2.36. The third kappa shape index (κ3) is 3.14. The first kappa shape index (κ1) is 10.6. The van der Waals surface area contributed by atoms with Crippen LogP contribution in [0.1, 0.15) is 20.8 Å². The van der Waals surface area contributed by atoms with Crippen molar-refractivity contribution in [3.8, 4) is 0 Å². The highest BCUT2D eigenvalue weighted by molar-refractivity contribution is 5.98. The molecule has 0 amide bonds. The molecule has 0 radical (unpaired) electrons. The van der Waals surface area contributed by atoms with Gasteiger partial charge in [-0.05, 0) is 19.4 Å². The normalized spacial score (nSPS) is 10.8. The summed E-state index contributed by atoms with van der Waals surface area (Å²) in [5.74, 6) is -1.25. The number of ether oxygens (including phenoxy) is 1. The molecule has 0 spiro atoms. The van der Waals surface area contributed by atoms with Crippen molar-refractivity contribution < 1.29 is 14.3 Å². The summed E-state index contributed by atoms with van der Waals surface area (Å²) in [7, 11) is 0. The van der Waals surface area contributed by atoms with Gasteiger partial charge in [0.1, 0.15) is 0 Å². The van der Waals surface area contributed by atoms with Crippen molar-refractivity contribution in [3.05, 3.63) is 23.8 Å². The fraction of sp³-hybridized carbons (Fsp3) is 0.333. The van der Waals surface area contributed by atoms with Crippen molar-refractivity contribution >= 4 is 11.9 Å². The van der Waals surface area contributed by atoms with Crippen LogP contribution in [0.4, 0.5) is 0 Å². The summed E-state index contributed by atoms with van der Waals surface area (Å²) in [4.78, 5) is 21.5. The van der Waals surface area contributed by atoms with Gasteiger partial charge in [-0.2, -0.15) is 0 Å². The second kappa shape index (κ2) is 4.49. The van der Waals surface area contributed by atoms with E-state index >= 15 is 0 Å². The zero-order chi connectivity index (χ0) is 9.72. The standard InChI is InChI=1S/C9H12O3/c1-5-8(6(2)3)9(11)12-7(4)10/h5H,2H2,1,3-4H3. The lowest BCUT2D eigenvalue weighted by Crippen LogP contribution is -2.11. The third-order valence-electron chi connectivity index (χ3n) is 1.20. The van der Waals surface area contributed by atoms with E-state index in [-0.39, 0.29) is 0 Å². The smallest absolute Gasteiger partial charge is 0.345 e. The number of rotatable bonds is 2. The monoisotopic (exact) mass is 168 g/mol. The average molecular weight is 168 g/mol. The molecule has 0 aromatic carbocycles. The van der Waals surface area contributed by atoms with Gasteiger partial charge in [0.25, 0.3) is 0 Å². The fourth-order valence-electron chi connectivity index (χ4n) is 0.724. The molecular weight excluding hydrogens is 156 g/mol. The van der Waals surface area contributed by atoms with Gasteiger partial charge in [-0.25, -0.2) is 4.79 Å². The lowest BCUT2D eigenvalue weighted by Gasteiger charge is -2.02. The molecule has 0 N–H and O–H groups in total. The Labute approximate surface area is 71.7 Å². The second-order valence-electron chi connectivity index (χ2n) is 2.36. The van der Waals surface area contributed by atoms with E-state index in [2.05, 4.69) is 11.3 Å². The summed E-state index contributed by atoms with van der Waals surface area (Å²) in [5.41, 5.74) is 0.925. The minimum atomic E-state index is -0.641. The van der Waals surface area contributed by atoms with Crippen LogP contribution in [-0.2, 0) is 14.3 Å². The van der Waals surface area contributed by atoms with Crippen LogP contribution in [0.2, 0.25) is 0 Å². The lowest BCUT2D eigenvalue weighted by atomic mass is 10.1. The molecule has 0 atom stereocenters. The molecule has 0 aromatic heterocycles. The Balaban J connectivity index is 4.46. The highest BCUT2D eigenvalue weighted by atomic mass is 16.6. The Morgan fingerprint density at radius 3 is 2.08 bits per heavy atom. The van der Waals surface area contributed by atoms with E-state index in [1.54, 1.807) is 19.9 Å². The van der Waals surface area contributed by atoms with E-state index < -0.39 is 11.9 Å². The maximum atomic E-state index is 11.1. The van der Waals surface area contributed by atoms with Crippen LogP contribution in [0.15, 0.2) is 23.8 Å². The van der Waals surface area contributed by atoms with Crippen molar-refractivity contribution in [1.82, 2.24) is 0 Å². The number of esters is 2. The maximum absolute atomic E-state index is 11.1. The maximum Gasteiger partial charge on any atom is 0.345 e. The summed E-state index contributed by atoms with van der Waals surface area (Å²) < 4.78 is 4.36. The summed E-state index contributed by atoms with van der Waals surface area (Å²) in [6.45, 7) is 8.12. The Morgan fingerprint density at radius 2 is 1.83 bits per heavy atom. The molecule has 0 heterocycles. The fourth-order valence-corrected chi connectivity index (χ4v) is 0.724. The molecule has 0 rings (SSSR count). The molecule has 0 aliphatic carbocycles. The van der Waals surface area contributed by atoms with E-state index in [4.69, 9.17) is 0 Å². The molecule has 0 saturated heterocycles. The minimum absolute atomic E-state index is 0.338. The van der Waals surface area contributed by atoms with Crippen molar-refractivity contribution in [3.63, 3.8) is 0 Å². The van der Waals surface area contributed by atoms with E-state index in [1.165, 1.54) is 6.92 Å². The van der Waals surface area contributed by atoms with Gasteiger partial charge in [0.05, 0.1) is 5.57 Å². The van der Waals surface area contributed by atoms with E-state index in [0.717, 1.165) is 0 Å². The number of hydrogen-bond acceptors (Lipinski definition) is 3. The molecule has 0 aliphatic rings. The van der Waals surface area contributed by atoms with Gasteiger partial charge in [-0.15, -0.1) is 0 Å². The Bertz CT molecular complexity index is 248.